The molecule has 1 unspecified atom stereocenters. The average molecular weight is 441 g/mol. The summed E-state index contributed by atoms with van der Waals surface area (Å²) < 4.78 is 30.2. The number of nitrogens with one attached hydrogen (secondary N) is 1. The summed E-state index contributed by atoms with van der Waals surface area (Å²) in [5, 5.41) is 5.01. The lowest BCUT2D eigenvalue weighted by molar-refractivity contribution is -0.120. The lowest BCUT2D eigenvalue weighted by Crippen LogP contribution is -2.41. The number of amides is 1. The summed E-state index contributed by atoms with van der Waals surface area (Å²) in [5.41, 5.74) is 1.48. The molecular formula is C23H24N2O5S. The highest BCUT2D eigenvalue weighted by Gasteiger charge is 2.22. The van der Waals surface area contributed by atoms with Gasteiger partial charge >= 0.3 is 5.97 Å². The largest absolute Gasteiger partial charge is 0.465 e. The number of anilines is 1. The molecule has 1 N–H and O–H groups in total. The summed E-state index contributed by atoms with van der Waals surface area (Å²) in [6.45, 7) is 1.46. The third-order valence-electron chi connectivity index (χ3n) is 4.91. The first-order valence-corrected chi connectivity index (χ1v) is 11.5. The van der Waals surface area contributed by atoms with E-state index in [9.17, 15) is 18.0 Å². The Hall–Kier alpha value is -3.39. The molecule has 3 rings (SSSR count). The van der Waals surface area contributed by atoms with Gasteiger partial charge in [-0.3, -0.25) is 9.10 Å². The van der Waals surface area contributed by atoms with Gasteiger partial charge in [0.05, 0.1) is 30.7 Å². The molecule has 162 valence electrons. The van der Waals surface area contributed by atoms with Crippen LogP contribution in [-0.2, 0) is 19.6 Å². The van der Waals surface area contributed by atoms with Gasteiger partial charge in [0.1, 0.15) is 6.54 Å². The first-order valence-electron chi connectivity index (χ1n) is 9.63. The van der Waals surface area contributed by atoms with E-state index >= 15 is 0 Å². The second-order valence-electron chi connectivity index (χ2n) is 7.20. The van der Waals surface area contributed by atoms with Gasteiger partial charge in [0.25, 0.3) is 0 Å². The average Bonchev–Trinajstić information content (AvgIpc) is 2.76. The zero-order valence-electron chi connectivity index (χ0n) is 17.5. The predicted molar refractivity (Wildman–Crippen MR) is 120 cm³/mol. The van der Waals surface area contributed by atoms with E-state index in [0.29, 0.717) is 0 Å². The molecule has 0 saturated heterocycles. The molecule has 0 fully saturated rings. The number of carbonyl (C=O) groups excluding carboxylic acids is 2. The van der Waals surface area contributed by atoms with Gasteiger partial charge < -0.3 is 10.1 Å². The Labute approximate surface area is 181 Å². The Morgan fingerprint density at radius 2 is 1.65 bits per heavy atom. The standard InChI is InChI=1S/C23H24N2O5S/c1-16(19-9-8-17-6-4-5-7-20(17)14-19)24-22(26)15-25(31(3,28)29)21-12-10-18(11-13-21)23(27)30-2/h4-14,16H,15H2,1-3H3,(H,24,26). The molecule has 0 radical (unpaired) electrons. The normalized spacial score (nSPS) is 12.2. The minimum Gasteiger partial charge on any atom is -0.465 e. The van der Waals surface area contributed by atoms with E-state index in [1.807, 2.05) is 49.4 Å². The van der Waals surface area contributed by atoms with Crippen LogP contribution in [0.1, 0.15) is 28.9 Å². The molecule has 7 nitrogen and oxygen atoms in total. The van der Waals surface area contributed by atoms with E-state index in [4.69, 9.17) is 0 Å². The van der Waals surface area contributed by atoms with Crippen LogP contribution in [0.25, 0.3) is 10.8 Å². The fourth-order valence-electron chi connectivity index (χ4n) is 3.26. The zero-order valence-corrected chi connectivity index (χ0v) is 18.3. The maximum Gasteiger partial charge on any atom is 0.337 e. The molecule has 3 aromatic rings. The number of ether oxygens (including phenoxy) is 1. The van der Waals surface area contributed by atoms with Gasteiger partial charge in [0.2, 0.25) is 15.9 Å². The monoisotopic (exact) mass is 440 g/mol. The van der Waals surface area contributed by atoms with Crippen molar-refractivity contribution in [2.24, 2.45) is 0 Å². The highest BCUT2D eigenvalue weighted by Crippen LogP contribution is 2.21. The number of nitrogens with zero attached hydrogens (tertiary/aromatic N) is 1. The maximum atomic E-state index is 12.7. The molecule has 0 spiro atoms. The van der Waals surface area contributed by atoms with Crippen LogP contribution in [-0.4, -0.2) is 40.2 Å². The number of methoxy groups -OCH3 is 1. The number of esters is 1. The van der Waals surface area contributed by atoms with Crippen LogP contribution >= 0.6 is 0 Å². The van der Waals surface area contributed by atoms with Gasteiger partial charge in [-0.2, -0.15) is 0 Å². The Morgan fingerprint density at radius 3 is 2.26 bits per heavy atom. The molecule has 1 atom stereocenters. The van der Waals surface area contributed by atoms with Gasteiger partial charge in [-0.15, -0.1) is 0 Å². The third-order valence-corrected chi connectivity index (χ3v) is 6.06. The lowest BCUT2D eigenvalue weighted by Gasteiger charge is -2.23. The molecule has 0 aliphatic heterocycles. The Morgan fingerprint density at radius 1 is 1.00 bits per heavy atom. The van der Waals surface area contributed by atoms with E-state index in [1.54, 1.807) is 0 Å². The number of hydrogen-bond acceptors (Lipinski definition) is 5. The van der Waals surface area contributed by atoms with Gasteiger partial charge in [-0.25, -0.2) is 13.2 Å². The number of rotatable bonds is 7. The molecular weight excluding hydrogens is 416 g/mol. The van der Waals surface area contributed by atoms with Crippen LogP contribution < -0.4 is 9.62 Å². The van der Waals surface area contributed by atoms with Crippen molar-refractivity contribution in [3.63, 3.8) is 0 Å². The molecule has 0 aromatic heterocycles. The molecule has 0 bridgehead atoms. The van der Waals surface area contributed by atoms with Gasteiger partial charge in [0.15, 0.2) is 0 Å². The quantitative estimate of drug-likeness (QED) is 0.569. The van der Waals surface area contributed by atoms with Crippen LogP contribution in [0.3, 0.4) is 0 Å². The van der Waals surface area contributed by atoms with Crippen LogP contribution in [0.5, 0.6) is 0 Å². The van der Waals surface area contributed by atoms with E-state index in [-0.39, 0.29) is 23.8 Å². The van der Waals surface area contributed by atoms with Gasteiger partial charge in [-0.05, 0) is 53.6 Å². The summed E-state index contributed by atoms with van der Waals surface area (Å²) in [5.74, 6) is -0.970. The van der Waals surface area contributed by atoms with Crippen molar-refractivity contribution < 1.29 is 22.7 Å². The van der Waals surface area contributed by atoms with Gasteiger partial charge in [0, 0.05) is 0 Å². The van der Waals surface area contributed by atoms with Crippen molar-refractivity contribution in [3.8, 4) is 0 Å². The second kappa shape index (κ2) is 9.18. The lowest BCUT2D eigenvalue weighted by atomic mass is 10.0. The van der Waals surface area contributed by atoms with E-state index in [0.717, 1.165) is 26.9 Å². The minimum absolute atomic E-state index is 0.281. The van der Waals surface area contributed by atoms with E-state index in [2.05, 4.69) is 10.1 Å². The van der Waals surface area contributed by atoms with Crippen LogP contribution in [0, 0.1) is 0 Å². The molecule has 3 aromatic carbocycles. The zero-order chi connectivity index (χ0) is 22.6. The fourth-order valence-corrected chi connectivity index (χ4v) is 4.12. The van der Waals surface area contributed by atoms with E-state index < -0.39 is 21.9 Å². The molecule has 8 heteroatoms. The molecule has 0 aliphatic rings. The van der Waals surface area contributed by atoms with E-state index in [1.165, 1.54) is 31.4 Å². The fraction of sp³-hybridized carbons (Fsp3) is 0.217. The highest BCUT2D eigenvalue weighted by molar-refractivity contribution is 7.92. The van der Waals surface area contributed by atoms with Crippen LogP contribution in [0.15, 0.2) is 66.7 Å². The molecule has 0 saturated carbocycles. The maximum absolute atomic E-state index is 12.7. The van der Waals surface area contributed by atoms with Crippen LogP contribution in [0.4, 0.5) is 5.69 Å². The van der Waals surface area contributed by atoms with Crippen molar-refractivity contribution >= 4 is 38.4 Å². The number of carbonyl (C=O) groups is 2. The Bertz CT molecular complexity index is 1210. The van der Waals surface area contributed by atoms with Gasteiger partial charge in [-0.1, -0.05) is 36.4 Å². The van der Waals surface area contributed by atoms with Crippen molar-refractivity contribution in [1.29, 1.82) is 0 Å². The summed E-state index contributed by atoms with van der Waals surface area (Å²) in [7, 11) is -2.46. The van der Waals surface area contributed by atoms with Crippen molar-refractivity contribution in [3.05, 3.63) is 77.9 Å². The summed E-state index contributed by atoms with van der Waals surface area (Å²) in [6.07, 6.45) is 1.03. The number of sulfonamides is 1. The summed E-state index contributed by atoms with van der Waals surface area (Å²) in [6, 6.07) is 19.4. The summed E-state index contributed by atoms with van der Waals surface area (Å²) >= 11 is 0. The highest BCUT2D eigenvalue weighted by atomic mass is 32.2. The molecule has 1 amide bonds. The topological polar surface area (TPSA) is 92.8 Å². The predicted octanol–water partition coefficient (Wildman–Crippen LogP) is 3.27. The summed E-state index contributed by atoms with van der Waals surface area (Å²) in [4.78, 5) is 24.2. The third kappa shape index (κ3) is 5.40. The number of fused-ring (bicyclic) bond motifs is 1. The molecule has 0 aliphatic carbocycles. The first-order chi connectivity index (χ1) is 14.7. The first kappa shape index (κ1) is 22.3. The second-order valence-corrected chi connectivity index (χ2v) is 9.11. The van der Waals surface area contributed by atoms with Crippen molar-refractivity contribution in [2.45, 2.75) is 13.0 Å². The van der Waals surface area contributed by atoms with Crippen LogP contribution in [0.2, 0.25) is 0 Å². The number of benzene rings is 3. The Balaban J connectivity index is 1.75. The SMILES string of the molecule is COC(=O)c1ccc(N(CC(=O)NC(C)c2ccc3ccccc3c2)S(C)(=O)=O)cc1. The smallest absolute Gasteiger partial charge is 0.337 e. The number of hydrogen-bond donors (Lipinski definition) is 1. The van der Waals surface area contributed by atoms with Crippen molar-refractivity contribution in [1.82, 2.24) is 5.32 Å². The Kier molecular flexibility index (Phi) is 6.60. The molecule has 31 heavy (non-hydrogen) atoms. The minimum atomic E-state index is -3.72. The van der Waals surface area contributed by atoms with Crippen molar-refractivity contribution in [2.75, 3.05) is 24.2 Å². The molecule has 0 heterocycles.